The molecule has 8 heteroatoms. The second kappa shape index (κ2) is 6.80. The summed E-state index contributed by atoms with van der Waals surface area (Å²) in [4.78, 5) is 21.7. The molecule has 0 aliphatic carbocycles. The van der Waals surface area contributed by atoms with Crippen molar-refractivity contribution >= 4 is 11.9 Å². The molecule has 5 atom stereocenters. The van der Waals surface area contributed by atoms with Gasteiger partial charge in [-0.1, -0.05) is 6.92 Å². The fourth-order valence-corrected chi connectivity index (χ4v) is 1.92. The van der Waals surface area contributed by atoms with Crippen molar-refractivity contribution < 1.29 is 34.8 Å². The average Bonchev–Trinajstić information content (AvgIpc) is 2.36. The molecule has 1 aliphatic rings. The fraction of sp³-hybridized carbons (Fsp3) is 0.818. The van der Waals surface area contributed by atoms with E-state index in [1.807, 2.05) is 0 Å². The van der Waals surface area contributed by atoms with Gasteiger partial charge in [0.2, 0.25) is 5.91 Å². The van der Waals surface area contributed by atoms with Gasteiger partial charge in [0.05, 0.1) is 12.5 Å². The van der Waals surface area contributed by atoms with Crippen LogP contribution in [-0.4, -0.2) is 62.9 Å². The minimum atomic E-state index is -1.45. The predicted octanol–water partition coefficient (Wildman–Crippen LogP) is -1.81. The maximum atomic E-state index is 11.4. The normalized spacial score (nSPS) is 34.8. The van der Waals surface area contributed by atoms with E-state index in [9.17, 15) is 24.9 Å². The number of ether oxygens (including phenoxy) is 1. The van der Waals surface area contributed by atoms with Crippen molar-refractivity contribution in [3.05, 3.63) is 0 Å². The van der Waals surface area contributed by atoms with Crippen LogP contribution < -0.4 is 5.32 Å². The highest BCUT2D eigenvalue weighted by Crippen LogP contribution is 2.21. The Morgan fingerprint density at radius 2 is 1.79 bits per heavy atom. The number of carboxylic acid groups (broad SMARTS) is 1. The molecule has 19 heavy (non-hydrogen) atoms. The van der Waals surface area contributed by atoms with Crippen LogP contribution in [0.2, 0.25) is 0 Å². The van der Waals surface area contributed by atoms with E-state index >= 15 is 0 Å². The Kier molecular flexibility index (Phi) is 5.67. The first kappa shape index (κ1) is 15.8. The van der Waals surface area contributed by atoms with Crippen molar-refractivity contribution in [2.45, 2.75) is 56.8 Å². The summed E-state index contributed by atoms with van der Waals surface area (Å²) in [6.45, 7) is 1.72. The van der Waals surface area contributed by atoms with E-state index in [0.29, 0.717) is 6.42 Å². The van der Waals surface area contributed by atoms with E-state index < -0.39 is 42.5 Å². The van der Waals surface area contributed by atoms with Gasteiger partial charge in [-0.3, -0.25) is 9.59 Å². The predicted molar refractivity (Wildman–Crippen MR) is 62.0 cm³/mol. The highest BCUT2D eigenvalue weighted by atomic mass is 16.6. The van der Waals surface area contributed by atoms with Crippen LogP contribution in [0.5, 0.6) is 0 Å². The number of hydrogen-bond donors (Lipinski definition) is 5. The second-order valence-corrected chi connectivity index (χ2v) is 4.44. The van der Waals surface area contributed by atoms with Crippen LogP contribution in [-0.2, 0) is 14.3 Å². The minimum absolute atomic E-state index is 0.279. The Morgan fingerprint density at radius 3 is 2.32 bits per heavy atom. The number of amides is 1. The molecular weight excluding hydrogens is 258 g/mol. The molecule has 1 unspecified atom stereocenters. The third-order valence-corrected chi connectivity index (χ3v) is 3.02. The SMILES string of the molecule is CCC1O[C@H](O)[C@H](NC(=O)CCC(=O)O)[C@@H](O)[C@@H]1O. The molecule has 0 radical (unpaired) electrons. The molecule has 1 amide bonds. The number of carbonyl (C=O) groups excluding carboxylic acids is 1. The average molecular weight is 277 g/mol. The summed E-state index contributed by atoms with van der Waals surface area (Å²) >= 11 is 0. The molecule has 0 spiro atoms. The number of aliphatic hydroxyl groups excluding tert-OH is 3. The molecule has 110 valence electrons. The van der Waals surface area contributed by atoms with E-state index in [-0.39, 0.29) is 12.8 Å². The molecule has 0 bridgehead atoms. The third kappa shape index (κ3) is 4.13. The number of rotatable bonds is 5. The van der Waals surface area contributed by atoms with Gasteiger partial charge in [-0.2, -0.15) is 0 Å². The minimum Gasteiger partial charge on any atom is -0.481 e. The van der Waals surface area contributed by atoms with Crippen LogP contribution in [0.25, 0.3) is 0 Å². The Bertz CT molecular complexity index is 335. The quantitative estimate of drug-likeness (QED) is 0.399. The van der Waals surface area contributed by atoms with Crippen molar-refractivity contribution in [2.75, 3.05) is 0 Å². The van der Waals surface area contributed by atoms with E-state index in [1.54, 1.807) is 6.92 Å². The lowest BCUT2D eigenvalue weighted by Gasteiger charge is -2.40. The van der Waals surface area contributed by atoms with E-state index in [1.165, 1.54) is 0 Å². The van der Waals surface area contributed by atoms with Gasteiger partial charge in [0.15, 0.2) is 6.29 Å². The summed E-state index contributed by atoms with van der Waals surface area (Å²) in [5.74, 6) is -1.77. The van der Waals surface area contributed by atoms with Crippen molar-refractivity contribution in [3.8, 4) is 0 Å². The van der Waals surface area contributed by atoms with Gasteiger partial charge in [-0.25, -0.2) is 0 Å². The van der Waals surface area contributed by atoms with Gasteiger partial charge >= 0.3 is 5.97 Å². The number of aliphatic carboxylic acids is 1. The Morgan fingerprint density at radius 1 is 1.16 bits per heavy atom. The van der Waals surface area contributed by atoms with Gasteiger partial charge in [0.1, 0.15) is 18.2 Å². The van der Waals surface area contributed by atoms with Crippen LogP contribution in [0, 0.1) is 0 Å². The van der Waals surface area contributed by atoms with Crippen molar-refractivity contribution in [1.82, 2.24) is 5.32 Å². The van der Waals surface area contributed by atoms with E-state index in [4.69, 9.17) is 9.84 Å². The van der Waals surface area contributed by atoms with E-state index in [2.05, 4.69) is 5.32 Å². The third-order valence-electron chi connectivity index (χ3n) is 3.02. The summed E-state index contributed by atoms with van der Waals surface area (Å²) in [5, 5.41) is 39.9. The molecule has 1 saturated heterocycles. The van der Waals surface area contributed by atoms with Gasteiger partial charge in [-0.05, 0) is 6.42 Å². The van der Waals surface area contributed by atoms with Crippen molar-refractivity contribution in [1.29, 1.82) is 0 Å². The summed E-state index contributed by atoms with van der Waals surface area (Å²) in [7, 11) is 0. The van der Waals surface area contributed by atoms with Gasteiger partial charge in [0.25, 0.3) is 0 Å². The Hall–Kier alpha value is -1.22. The molecule has 8 nitrogen and oxygen atoms in total. The lowest BCUT2D eigenvalue weighted by atomic mass is 9.95. The van der Waals surface area contributed by atoms with Crippen LogP contribution >= 0.6 is 0 Å². The summed E-state index contributed by atoms with van der Waals surface area (Å²) in [5.41, 5.74) is 0. The number of aliphatic hydroxyl groups is 3. The van der Waals surface area contributed by atoms with Gasteiger partial charge < -0.3 is 30.5 Å². The molecular formula is C11H19NO7. The summed E-state index contributed by atoms with van der Waals surface area (Å²) in [6, 6.07) is -1.18. The van der Waals surface area contributed by atoms with Crippen molar-refractivity contribution in [2.24, 2.45) is 0 Å². The zero-order valence-corrected chi connectivity index (χ0v) is 10.5. The number of carbonyl (C=O) groups is 2. The molecule has 0 aromatic heterocycles. The lowest BCUT2D eigenvalue weighted by Crippen LogP contribution is -2.63. The van der Waals surface area contributed by atoms with Gasteiger partial charge in [0, 0.05) is 6.42 Å². The monoisotopic (exact) mass is 277 g/mol. The molecule has 1 fully saturated rings. The second-order valence-electron chi connectivity index (χ2n) is 4.44. The molecule has 0 aromatic rings. The lowest BCUT2D eigenvalue weighted by molar-refractivity contribution is -0.247. The largest absolute Gasteiger partial charge is 0.481 e. The molecule has 0 saturated carbocycles. The topological polar surface area (TPSA) is 136 Å². The van der Waals surface area contributed by atoms with Crippen LogP contribution in [0.4, 0.5) is 0 Å². The number of carboxylic acids is 1. The van der Waals surface area contributed by atoms with Crippen LogP contribution in [0.1, 0.15) is 26.2 Å². The standard InChI is InChI=1S/C11H19NO7/c1-2-5-9(16)10(17)8(11(18)19-5)12-6(13)3-4-7(14)15/h5,8-11,16-18H,2-4H2,1H3,(H,12,13)(H,14,15)/t5?,8-,9-,10-,11+/m1/s1. The highest BCUT2D eigenvalue weighted by Gasteiger charge is 2.43. The first-order chi connectivity index (χ1) is 8.86. The Balaban J connectivity index is 2.57. The molecule has 5 N–H and O–H groups in total. The number of nitrogens with one attached hydrogen (secondary N) is 1. The highest BCUT2D eigenvalue weighted by molar-refractivity contribution is 5.80. The summed E-state index contributed by atoms with van der Waals surface area (Å²) < 4.78 is 5.07. The zero-order valence-electron chi connectivity index (χ0n) is 10.5. The first-order valence-corrected chi connectivity index (χ1v) is 6.07. The van der Waals surface area contributed by atoms with E-state index in [0.717, 1.165) is 0 Å². The maximum Gasteiger partial charge on any atom is 0.303 e. The zero-order chi connectivity index (χ0) is 14.6. The maximum absolute atomic E-state index is 11.4. The summed E-state index contributed by atoms with van der Waals surface area (Å²) in [6.07, 6.45) is -4.99. The van der Waals surface area contributed by atoms with Crippen LogP contribution in [0.3, 0.4) is 0 Å². The van der Waals surface area contributed by atoms with Crippen molar-refractivity contribution in [3.63, 3.8) is 0 Å². The van der Waals surface area contributed by atoms with Crippen LogP contribution in [0.15, 0.2) is 0 Å². The van der Waals surface area contributed by atoms with Gasteiger partial charge in [-0.15, -0.1) is 0 Å². The Labute approximate surface area is 110 Å². The first-order valence-electron chi connectivity index (χ1n) is 6.07. The molecule has 1 rings (SSSR count). The molecule has 1 aliphatic heterocycles. The number of hydrogen-bond acceptors (Lipinski definition) is 6. The smallest absolute Gasteiger partial charge is 0.303 e. The molecule has 0 aromatic carbocycles. The fourth-order valence-electron chi connectivity index (χ4n) is 1.92. The molecule has 1 heterocycles.